The van der Waals surface area contributed by atoms with Crippen LogP contribution in [-0.4, -0.2) is 11.9 Å². The lowest BCUT2D eigenvalue weighted by Crippen LogP contribution is -2.17. The molecule has 1 aromatic carbocycles. The van der Waals surface area contributed by atoms with Crippen molar-refractivity contribution in [3.63, 3.8) is 0 Å². The Hall–Kier alpha value is -1.77. The first-order chi connectivity index (χ1) is 7.09. The number of carbonyl (C=O) groups is 1. The number of rotatable bonds is 4. The van der Waals surface area contributed by atoms with Gasteiger partial charge in [-0.2, -0.15) is 0 Å². The Bertz CT molecular complexity index is 357. The molecule has 0 saturated heterocycles. The molecule has 1 amide bonds. The highest BCUT2D eigenvalue weighted by molar-refractivity contribution is 5.91. The molecule has 3 heteroatoms. The van der Waals surface area contributed by atoms with Crippen molar-refractivity contribution >= 4 is 11.6 Å². The molecule has 0 saturated carbocycles. The van der Waals surface area contributed by atoms with E-state index in [1.807, 2.05) is 43.3 Å². The van der Waals surface area contributed by atoms with E-state index in [9.17, 15) is 4.79 Å². The molecule has 0 spiro atoms. The minimum atomic E-state index is -0.378. The van der Waals surface area contributed by atoms with Crippen molar-refractivity contribution in [3.8, 4) is 0 Å². The number of hydrogen-bond donors (Lipinski definition) is 2. The van der Waals surface area contributed by atoms with E-state index in [2.05, 4.69) is 5.32 Å². The van der Waals surface area contributed by atoms with Crippen LogP contribution in [0, 0.1) is 0 Å². The van der Waals surface area contributed by atoms with Crippen molar-refractivity contribution in [2.75, 3.05) is 5.32 Å². The van der Waals surface area contributed by atoms with E-state index in [1.165, 1.54) is 0 Å². The van der Waals surface area contributed by atoms with Crippen LogP contribution in [0.25, 0.3) is 0 Å². The quantitative estimate of drug-likeness (QED) is 0.736. The number of hydrogen-bond acceptors (Lipinski definition) is 2. The van der Waals surface area contributed by atoms with Crippen molar-refractivity contribution in [1.82, 2.24) is 0 Å². The Labute approximate surface area is 90.0 Å². The van der Waals surface area contributed by atoms with Crippen molar-refractivity contribution < 1.29 is 4.79 Å². The second kappa shape index (κ2) is 5.20. The first-order valence-corrected chi connectivity index (χ1v) is 4.89. The van der Waals surface area contributed by atoms with Crippen LogP contribution in [0.4, 0.5) is 5.69 Å². The minimum absolute atomic E-state index is 0.0832. The fourth-order valence-electron chi connectivity index (χ4n) is 1.30. The topological polar surface area (TPSA) is 55.1 Å². The largest absolute Gasteiger partial charge is 0.379 e. The average molecular weight is 204 g/mol. The smallest absolute Gasteiger partial charge is 0.244 e. The number of nitrogens with one attached hydrogen (secondary N) is 1. The summed E-state index contributed by atoms with van der Waals surface area (Å²) >= 11 is 0. The average Bonchev–Trinajstić information content (AvgIpc) is 2.18. The van der Waals surface area contributed by atoms with E-state index >= 15 is 0 Å². The summed E-state index contributed by atoms with van der Waals surface area (Å²) in [4.78, 5) is 10.8. The second-order valence-electron chi connectivity index (χ2n) is 3.51. The van der Waals surface area contributed by atoms with Gasteiger partial charge < -0.3 is 11.1 Å². The van der Waals surface area contributed by atoms with E-state index in [4.69, 9.17) is 5.73 Å². The monoisotopic (exact) mass is 204 g/mol. The summed E-state index contributed by atoms with van der Waals surface area (Å²) in [5, 5.41) is 3.24. The standard InChI is InChI=1S/C12H16N2O/c1-9(12(13)15)8-10(2)14-11-6-4-3-5-7-11/h3-8,10,14H,1-2H3,(H2,13,15). The lowest BCUT2D eigenvalue weighted by molar-refractivity contribution is -0.114. The molecule has 1 unspecified atom stereocenters. The summed E-state index contributed by atoms with van der Waals surface area (Å²) in [6.45, 7) is 3.69. The molecule has 0 bridgehead atoms. The zero-order chi connectivity index (χ0) is 11.3. The van der Waals surface area contributed by atoms with Gasteiger partial charge in [0.15, 0.2) is 0 Å². The van der Waals surface area contributed by atoms with Crippen LogP contribution in [0.3, 0.4) is 0 Å². The van der Waals surface area contributed by atoms with E-state index < -0.39 is 0 Å². The van der Waals surface area contributed by atoms with Gasteiger partial charge in [0.25, 0.3) is 0 Å². The highest BCUT2D eigenvalue weighted by Gasteiger charge is 2.01. The summed E-state index contributed by atoms with van der Waals surface area (Å²) in [5.41, 5.74) is 6.74. The highest BCUT2D eigenvalue weighted by atomic mass is 16.1. The highest BCUT2D eigenvalue weighted by Crippen LogP contribution is 2.08. The predicted molar refractivity (Wildman–Crippen MR) is 62.5 cm³/mol. The number of anilines is 1. The van der Waals surface area contributed by atoms with Crippen LogP contribution in [0.15, 0.2) is 42.0 Å². The molecule has 0 aromatic heterocycles. The number of nitrogens with two attached hydrogens (primary N) is 1. The molecule has 0 aliphatic rings. The zero-order valence-electron chi connectivity index (χ0n) is 9.03. The Morgan fingerprint density at radius 2 is 2.00 bits per heavy atom. The SMILES string of the molecule is CC(=CC(C)Nc1ccccc1)C(N)=O. The van der Waals surface area contributed by atoms with Crippen LogP contribution >= 0.6 is 0 Å². The summed E-state index contributed by atoms with van der Waals surface area (Å²) < 4.78 is 0. The summed E-state index contributed by atoms with van der Waals surface area (Å²) in [7, 11) is 0. The molecule has 3 N–H and O–H groups in total. The first kappa shape index (κ1) is 11.3. The fraction of sp³-hybridized carbons (Fsp3) is 0.250. The number of carbonyl (C=O) groups excluding carboxylic acids is 1. The molecule has 1 aromatic rings. The van der Waals surface area contributed by atoms with Gasteiger partial charge in [-0.15, -0.1) is 0 Å². The molecular formula is C12H16N2O. The maximum atomic E-state index is 10.8. The third-order valence-corrected chi connectivity index (χ3v) is 2.06. The Morgan fingerprint density at radius 1 is 1.40 bits per heavy atom. The van der Waals surface area contributed by atoms with Crippen LogP contribution in [0.1, 0.15) is 13.8 Å². The summed E-state index contributed by atoms with van der Waals surface area (Å²) in [6.07, 6.45) is 1.81. The van der Waals surface area contributed by atoms with Gasteiger partial charge in [-0.3, -0.25) is 4.79 Å². The van der Waals surface area contributed by atoms with Crippen LogP contribution in [-0.2, 0) is 4.79 Å². The van der Waals surface area contributed by atoms with Gasteiger partial charge in [-0.1, -0.05) is 24.3 Å². The van der Waals surface area contributed by atoms with Gasteiger partial charge in [-0.05, 0) is 26.0 Å². The Morgan fingerprint density at radius 3 is 2.53 bits per heavy atom. The molecule has 3 nitrogen and oxygen atoms in total. The molecule has 0 radical (unpaired) electrons. The third kappa shape index (κ3) is 3.85. The predicted octanol–water partition coefficient (Wildman–Crippen LogP) is 1.92. The Kier molecular flexibility index (Phi) is 3.92. The van der Waals surface area contributed by atoms with Gasteiger partial charge in [-0.25, -0.2) is 0 Å². The van der Waals surface area contributed by atoms with Gasteiger partial charge >= 0.3 is 0 Å². The Balaban J connectivity index is 2.61. The second-order valence-corrected chi connectivity index (χ2v) is 3.51. The van der Waals surface area contributed by atoms with Crippen molar-refractivity contribution in [3.05, 3.63) is 42.0 Å². The molecule has 0 heterocycles. The molecular weight excluding hydrogens is 188 g/mol. The molecule has 0 fully saturated rings. The van der Waals surface area contributed by atoms with E-state index in [0.29, 0.717) is 5.57 Å². The van der Waals surface area contributed by atoms with Crippen molar-refractivity contribution in [2.24, 2.45) is 5.73 Å². The lowest BCUT2D eigenvalue weighted by Gasteiger charge is -2.11. The van der Waals surface area contributed by atoms with E-state index in [-0.39, 0.29) is 11.9 Å². The summed E-state index contributed by atoms with van der Waals surface area (Å²) in [5.74, 6) is -0.378. The van der Waals surface area contributed by atoms with Gasteiger partial charge in [0.05, 0.1) is 0 Å². The molecule has 0 aliphatic heterocycles. The third-order valence-electron chi connectivity index (χ3n) is 2.06. The van der Waals surface area contributed by atoms with E-state index in [1.54, 1.807) is 6.92 Å². The molecule has 1 rings (SSSR count). The van der Waals surface area contributed by atoms with E-state index in [0.717, 1.165) is 5.69 Å². The first-order valence-electron chi connectivity index (χ1n) is 4.89. The maximum Gasteiger partial charge on any atom is 0.244 e. The number of primary amides is 1. The number of para-hydroxylation sites is 1. The summed E-state index contributed by atoms with van der Waals surface area (Å²) in [6, 6.07) is 9.91. The normalized spacial score (nSPS) is 13.3. The molecule has 15 heavy (non-hydrogen) atoms. The van der Waals surface area contributed by atoms with Crippen LogP contribution in [0.2, 0.25) is 0 Å². The number of benzene rings is 1. The minimum Gasteiger partial charge on any atom is -0.379 e. The molecule has 80 valence electrons. The van der Waals surface area contributed by atoms with Gasteiger partial charge in [0, 0.05) is 17.3 Å². The van der Waals surface area contributed by atoms with Crippen LogP contribution < -0.4 is 11.1 Å². The molecule has 0 aliphatic carbocycles. The van der Waals surface area contributed by atoms with Crippen molar-refractivity contribution in [2.45, 2.75) is 19.9 Å². The van der Waals surface area contributed by atoms with Crippen LogP contribution in [0.5, 0.6) is 0 Å². The fourth-order valence-corrected chi connectivity index (χ4v) is 1.30. The van der Waals surface area contributed by atoms with Crippen molar-refractivity contribution in [1.29, 1.82) is 0 Å². The lowest BCUT2D eigenvalue weighted by atomic mass is 10.2. The maximum absolute atomic E-state index is 10.8. The van der Waals surface area contributed by atoms with Gasteiger partial charge in [0.2, 0.25) is 5.91 Å². The van der Waals surface area contributed by atoms with Gasteiger partial charge in [0.1, 0.15) is 0 Å². The zero-order valence-corrected chi connectivity index (χ0v) is 9.03. The number of amides is 1. The molecule has 1 atom stereocenters.